The first-order valence-corrected chi connectivity index (χ1v) is 9.09. The minimum absolute atomic E-state index is 0.146. The number of nitrogens with zero attached hydrogens (tertiary/aromatic N) is 3. The van der Waals surface area contributed by atoms with Crippen molar-refractivity contribution >= 4 is 37.6 Å². The molecule has 23 heavy (non-hydrogen) atoms. The van der Waals surface area contributed by atoms with Crippen LogP contribution in [0.15, 0.2) is 33.7 Å². The summed E-state index contributed by atoms with van der Waals surface area (Å²) in [7, 11) is 0. The average Bonchev–Trinajstić information content (AvgIpc) is 3.32. The minimum Gasteiger partial charge on any atom is -0.470 e. The molecule has 0 aromatic carbocycles. The standard InChI is InChI=1S/C16H14BrN3O2S/c1-2-22-16-19-14-13(23-16)7-11(17)15(21)20(14)10-5-6-12(18-8-10)9-3-4-9/h5-9H,2-4H2,1H3. The Bertz CT molecular complexity index is 929. The molecule has 0 saturated heterocycles. The van der Waals surface area contributed by atoms with Crippen molar-refractivity contribution in [3.05, 3.63) is 44.9 Å². The van der Waals surface area contributed by atoms with Gasteiger partial charge in [0.25, 0.3) is 10.8 Å². The maximum Gasteiger partial charge on any atom is 0.275 e. The van der Waals surface area contributed by atoms with Gasteiger partial charge in [0.15, 0.2) is 5.65 Å². The SMILES string of the molecule is CCOc1nc2c(cc(Br)c(=O)n2-c2ccc(C3CC3)nc2)s1. The van der Waals surface area contributed by atoms with Crippen LogP contribution in [0.4, 0.5) is 0 Å². The Balaban J connectivity index is 1.89. The molecule has 7 heteroatoms. The van der Waals surface area contributed by atoms with Crippen LogP contribution in [0.3, 0.4) is 0 Å². The highest BCUT2D eigenvalue weighted by Gasteiger charge is 2.25. The van der Waals surface area contributed by atoms with E-state index < -0.39 is 0 Å². The molecule has 4 rings (SSSR count). The summed E-state index contributed by atoms with van der Waals surface area (Å²) in [6.45, 7) is 2.46. The Hall–Kier alpha value is -1.73. The molecule has 5 nitrogen and oxygen atoms in total. The first-order valence-electron chi connectivity index (χ1n) is 7.48. The molecule has 1 aliphatic carbocycles. The normalized spacial score (nSPS) is 14.3. The van der Waals surface area contributed by atoms with Gasteiger partial charge in [0.1, 0.15) is 0 Å². The Morgan fingerprint density at radius 1 is 1.43 bits per heavy atom. The smallest absolute Gasteiger partial charge is 0.275 e. The molecule has 1 fully saturated rings. The molecule has 0 bridgehead atoms. The lowest BCUT2D eigenvalue weighted by atomic mass is 10.2. The number of halogens is 1. The predicted molar refractivity (Wildman–Crippen MR) is 93.9 cm³/mol. The molecular weight excluding hydrogens is 378 g/mol. The second kappa shape index (κ2) is 5.72. The van der Waals surface area contributed by atoms with Crippen LogP contribution in [0.5, 0.6) is 5.19 Å². The van der Waals surface area contributed by atoms with Crippen molar-refractivity contribution in [1.29, 1.82) is 0 Å². The van der Waals surface area contributed by atoms with Crippen molar-refractivity contribution in [1.82, 2.24) is 14.5 Å². The van der Waals surface area contributed by atoms with E-state index in [4.69, 9.17) is 4.74 Å². The molecule has 0 amide bonds. The highest BCUT2D eigenvalue weighted by Crippen LogP contribution is 2.39. The van der Waals surface area contributed by atoms with Gasteiger partial charge in [-0.15, -0.1) is 0 Å². The minimum atomic E-state index is -0.146. The third kappa shape index (κ3) is 2.68. The van der Waals surface area contributed by atoms with Gasteiger partial charge >= 0.3 is 0 Å². The van der Waals surface area contributed by atoms with E-state index in [-0.39, 0.29) is 5.56 Å². The molecule has 0 spiro atoms. The van der Waals surface area contributed by atoms with Gasteiger partial charge < -0.3 is 4.74 Å². The monoisotopic (exact) mass is 391 g/mol. The van der Waals surface area contributed by atoms with Crippen molar-refractivity contribution in [3.63, 3.8) is 0 Å². The summed E-state index contributed by atoms with van der Waals surface area (Å²) in [4.78, 5) is 21.6. The third-order valence-electron chi connectivity index (χ3n) is 3.78. The van der Waals surface area contributed by atoms with Gasteiger partial charge in [0.2, 0.25) is 0 Å². The van der Waals surface area contributed by atoms with Crippen molar-refractivity contribution in [2.24, 2.45) is 0 Å². The van der Waals surface area contributed by atoms with Crippen molar-refractivity contribution in [2.75, 3.05) is 6.61 Å². The van der Waals surface area contributed by atoms with Crippen LogP contribution in [0.25, 0.3) is 16.0 Å². The summed E-state index contributed by atoms with van der Waals surface area (Å²) in [5.41, 5.74) is 2.28. The largest absolute Gasteiger partial charge is 0.470 e. The van der Waals surface area contributed by atoms with Crippen molar-refractivity contribution < 1.29 is 4.74 Å². The topological polar surface area (TPSA) is 57.0 Å². The zero-order valence-electron chi connectivity index (χ0n) is 12.5. The van der Waals surface area contributed by atoms with E-state index in [1.54, 1.807) is 16.8 Å². The van der Waals surface area contributed by atoms with Crippen LogP contribution < -0.4 is 10.3 Å². The first-order chi connectivity index (χ1) is 11.2. The number of ether oxygens (including phenoxy) is 1. The van der Waals surface area contributed by atoms with Crippen LogP contribution in [0.2, 0.25) is 0 Å². The fraction of sp³-hybridized carbons (Fsp3) is 0.312. The first kappa shape index (κ1) is 14.8. The van der Waals surface area contributed by atoms with Gasteiger partial charge in [-0.05, 0) is 53.9 Å². The highest BCUT2D eigenvalue weighted by atomic mass is 79.9. The summed E-state index contributed by atoms with van der Waals surface area (Å²) in [5, 5.41) is 0.566. The van der Waals surface area contributed by atoms with E-state index in [0.717, 1.165) is 16.1 Å². The molecule has 1 aliphatic rings. The van der Waals surface area contributed by atoms with Crippen LogP contribution in [-0.4, -0.2) is 21.1 Å². The fourth-order valence-electron chi connectivity index (χ4n) is 2.51. The Labute approximate surface area is 145 Å². The molecule has 1 saturated carbocycles. The number of rotatable bonds is 4. The molecule has 3 aromatic heterocycles. The van der Waals surface area contributed by atoms with E-state index in [0.29, 0.717) is 27.8 Å². The summed E-state index contributed by atoms with van der Waals surface area (Å²) >= 11 is 4.77. The molecule has 0 unspecified atom stereocenters. The van der Waals surface area contributed by atoms with Gasteiger partial charge in [-0.3, -0.25) is 14.3 Å². The maximum atomic E-state index is 12.6. The number of aromatic nitrogens is 3. The Kier molecular flexibility index (Phi) is 3.69. The lowest BCUT2D eigenvalue weighted by molar-refractivity contribution is 0.339. The number of thiazole rings is 1. The number of pyridine rings is 2. The maximum absolute atomic E-state index is 12.6. The Morgan fingerprint density at radius 3 is 2.91 bits per heavy atom. The van der Waals surface area contributed by atoms with Crippen LogP contribution in [-0.2, 0) is 0 Å². The van der Waals surface area contributed by atoms with E-state index >= 15 is 0 Å². The number of hydrogen-bond donors (Lipinski definition) is 0. The predicted octanol–water partition coefficient (Wildman–Crippen LogP) is 3.88. The Morgan fingerprint density at radius 2 is 2.26 bits per heavy atom. The quantitative estimate of drug-likeness (QED) is 0.676. The van der Waals surface area contributed by atoms with Gasteiger partial charge in [-0.1, -0.05) is 11.3 Å². The van der Waals surface area contributed by atoms with Gasteiger partial charge in [-0.2, -0.15) is 4.98 Å². The number of fused-ring (bicyclic) bond motifs is 1. The zero-order valence-corrected chi connectivity index (χ0v) is 14.9. The number of hydrogen-bond acceptors (Lipinski definition) is 5. The van der Waals surface area contributed by atoms with Gasteiger partial charge in [0.05, 0.1) is 27.7 Å². The van der Waals surface area contributed by atoms with Gasteiger partial charge in [0, 0.05) is 11.6 Å². The lowest BCUT2D eigenvalue weighted by Crippen LogP contribution is -2.19. The van der Waals surface area contributed by atoms with Crippen molar-refractivity contribution in [2.45, 2.75) is 25.7 Å². The van der Waals surface area contributed by atoms with E-state index in [1.807, 2.05) is 19.1 Å². The molecule has 0 radical (unpaired) electrons. The summed E-state index contributed by atoms with van der Waals surface area (Å²) in [5.74, 6) is 0.590. The molecular formula is C16H14BrN3O2S. The van der Waals surface area contributed by atoms with Crippen molar-refractivity contribution in [3.8, 4) is 10.9 Å². The summed E-state index contributed by atoms with van der Waals surface area (Å²) in [6, 6.07) is 5.73. The van der Waals surface area contributed by atoms with E-state index in [9.17, 15) is 4.79 Å². The average molecular weight is 392 g/mol. The summed E-state index contributed by atoms with van der Waals surface area (Å²) < 4.78 is 8.46. The van der Waals surface area contributed by atoms with E-state index in [1.165, 1.54) is 24.2 Å². The second-order valence-electron chi connectivity index (χ2n) is 5.45. The summed E-state index contributed by atoms with van der Waals surface area (Å²) in [6.07, 6.45) is 4.16. The van der Waals surface area contributed by atoms with Crippen LogP contribution in [0, 0.1) is 0 Å². The third-order valence-corrected chi connectivity index (χ3v) is 5.26. The lowest BCUT2D eigenvalue weighted by Gasteiger charge is -2.08. The molecule has 0 aliphatic heterocycles. The highest BCUT2D eigenvalue weighted by molar-refractivity contribution is 9.10. The molecule has 118 valence electrons. The molecule has 0 atom stereocenters. The molecule has 3 aromatic rings. The van der Waals surface area contributed by atoms with Gasteiger partial charge in [-0.25, -0.2) is 0 Å². The fourth-order valence-corrected chi connectivity index (χ4v) is 3.97. The zero-order chi connectivity index (χ0) is 16.0. The molecule has 0 N–H and O–H groups in total. The van der Waals surface area contributed by atoms with E-state index in [2.05, 4.69) is 25.9 Å². The molecule has 3 heterocycles. The second-order valence-corrected chi connectivity index (χ2v) is 7.30. The van der Waals surface area contributed by atoms with Crippen LogP contribution in [0.1, 0.15) is 31.4 Å². The van der Waals surface area contributed by atoms with Crippen LogP contribution >= 0.6 is 27.3 Å².